The highest BCUT2D eigenvalue weighted by atomic mass is 79.9. The smallest absolute Gasteiger partial charge is 0.137 e. The van der Waals surface area contributed by atoms with E-state index >= 15 is 0 Å². The maximum Gasteiger partial charge on any atom is 0.137 e. The number of pyridine rings is 1. The normalized spacial score (nSPS) is 10.8. The first-order valence-electron chi connectivity index (χ1n) is 5.03. The van der Waals surface area contributed by atoms with Crippen molar-refractivity contribution in [1.29, 1.82) is 0 Å². The zero-order chi connectivity index (χ0) is 11.0. The van der Waals surface area contributed by atoms with Crippen LogP contribution >= 0.6 is 15.9 Å². The lowest BCUT2D eigenvalue weighted by Gasteiger charge is -2.03. The van der Waals surface area contributed by atoms with Gasteiger partial charge in [-0.2, -0.15) is 0 Å². The number of hydrogen-bond acceptors (Lipinski definition) is 1. The summed E-state index contributed by atoms with van der Waals surface area (Å²) in [5.74, 6) is 0.940. The fraction of sp³-hybridized carbons (Fsp3) is 0. The molecule has 2 aromatic heterocycles. The van der Waals surface area contributed by atoms with Crippen LogP contribution in [0, 0.1) is 0 Å². The Labute approximate surface area is 102 Å². The van der Waals surface area contributed by atoms with Gasteiger partial charge in [-0.25, -0.2) is 4.98 Å². The second kappa shape index (κ2) is 3.76. The predicted octanol–water partition coefficient (Wildman–Crippen LogP) is 3.79. The Morgan fingerprint density at radius 3 is 2.75 bits per heavy atom. The summed E-state index contributed by atoms with van der Waals surface area (Å²) < 4.78 is 3.19. The predicted molar refractivity (Wildman–Crippen MR) is 68.8 cm³/mol. The van der Waals surface area contributed by atoms with E-state index in [9.17, 15) is 0 Å². The summed E-state index contributed by atoms with van der Waals surface area (Å²) in [5.41, 5.74) is 1.16. The van der Waals surface area contributed by atoms with Gasteiger partial charge in [0, 0.05) is 22.3 Å². The van der Waals surface area contributed by atoms with Gasteiger partial charge in [-0.15, -0.1) is 0 Å². The molecule has 3 heteroatoms. The standard InChI is InChI=1S/C13H9BrN2/c14-11-4-3-5-12-10(11)7-9-16(12)13-6-1-2-8-15-13/h1-9H. The van der Waals surface area contributed by atoms with E-state index in [4.69, 9.17) is 0 Å². The average Bonchev–Trinajstić information content (AvgIpc) is 2.75. The van der Waals surface area contributed by atoms with Gasteiger partial charge in [-0.05, 0) is 30.3 Å². The molecule has 78 valence electrons. The van der Waals surface area contributed by atoms with E-state index in [-0.39, 0.29) is 0 Å². The molecule has 0 aliphatic rings. The van der Waals surface area contributed by atoms with E-state index in [0.29, 0.717) is 0 Å². The van der Waals surface area contributed by atoms with Crippen molar-refractivity contribution in [2.24, 2.45) is 0 Å². The summed E-state index contributed by atoms with van der Waals surface area (Å²) in [6.45, 7) is 0. The van der Waals surface area contributed by atoms with Crippen molar-refractivity contribution in [3.05, 3.63) is 59.3 Å². The van der Waals surface area contributed by atoms with Gasteiger partial charge in [0.25, 0.3) is 0 Å². The van der Waals surface area contributed by atoms with Gasteiger partial charge in [0.05, 0.1) is 5.52 Å². The number of nitrogens with zero attached hydrogens (tertiary/aromatic N) is 2. The van der Waals surface area contributed by atoms with Crippen molar-refractivity contribution >= 4 is 26.8 Å². The summed E-state index contributed by atoms with van der Waals surface area (Å²) in [7, 11) is 0. The van der Waals surface area contributed by atoms with Crippen molar-refractivity contribution in [3.8, 4) is 5.82 Å². The third kappa shape index (κ3) is 1.44. The van der Waals surface area contributed by atoms with Crippen molar-refractivity contribution in [2.45, 2.75) is 0 Å². The molecule has 0 saturated carbocycles. The molecule has 3 rings (SSSR count). The van der Waals surface area contributed by atoms with Gasteiger partial charge >= 0.3 is 0 Å². The molecule has 1 aromatic carbocycles. The molecule has 0 spiro atoms. The van der Waals surface area contributed by atoms with Crippen molar-refractivity contribution in [1.82, 2.24) is 9.55 Å². The highest BCUT2D eigenvalue weighted by Gasteiger charge is 2.05. The van der Waals surface area contributed by atoms with Crippen molar-refractivity contribution in [2.75, 3.05) is 0 Å². The van der Waals surface area contributed by atoms with E-state index in [1.807, 2.05) is 36.5 Å². The second-order valence-corrected chi connectivity index (χ2v) is 4.40. The van der Waals surface area contributed by atoms with Crippen LogP contribution in [0.2, 0.25) is 0 Å². The van der Waals surface area contributed by atoms with Crippen molar-refractivity contribution < 1.29 is 0 Å². The Balaban J connectivity index is 2.30. The van der Waals surface area contributed by atoms with E-state index < -0.39 is 0 Å². The van der Waals surface area contributed by atoms with Crippen LogP contribution in [0.25, 0.3) is 16.7 Å². The number of halogens is 1. The number of rotatable bonds is 1. The number of fused-ring (bicyclic) bond motifs is 1. The minimum atomic E-state index is 0.940. The quantitative estimate of drug-likeness (QED) is 0.659. The fourth-order valence-electron chi connectivity index (χ4n) is 1.83. The summed E-state index contributed by atoms with van der Waals surface area (Å²) >= 11 is 3.55. The second-order valence-electron chi connectivity index (χ2n) is 3.55. The molecule has 0 amide bonds. The van der Waals surface area contributed by atoms with Crippen molar-refractivity contribution in [3.63, 3.8) is 0 Å². The number of benzene rings is 1. The maximum absolute atomic E-state index is 4.35. The summed E-state index contributed by atoms with van der Waals surface area (Å²) in [6.07, 6.45) is 3.84. The summed E-state index contributed by atoms with van der Waals surface area (Å²) in [4.78, 5) is 4.35. The van der Waals surface area contributed by atoms with Crippen LogP contribution in [-0.2, 0) is 0 Å². The highest BCUT2D eigenvalue weighted by molar-refractivity contribution is 9.10. The molecular formula is C13H9BrN2. The lowest BCUT2D eigenvalue weighted by molar-refractivity contribution is 1.04. The third-order valence-corrected chi connectivity index (χ3v) is 3.27. The van der Waals surface area contributed by atoms with Crippen LogP contribution in [0.4, 0.5) is 0 Å². The molecule has 0 atom stereocenters. The molecule has 0 aliphatic carbocycles. The van der Waals surface area contributed by atoms with Gasteiger partial charge in [0.1, 0.15) is 5.82 Å². The molecule has 0 bridgehead atoms. The molecule has 0 saturated heterocycles. The molecule has 2 heterocycles. The average molecular weight is 273 g/mol. The van der Waals surface area contributed by atoms with Crippen LogP contribution in [0.15, 0.2) is 59.3 Å². The van der Waals surface area contributed by atoms with Gasteiger partial charge in [0.15, 0.2) is 0 Å². The molecule has 16 heavy (non-hydrogen) atoms. The van der Waals surface area contributed by atoms with Crippen LogP contribution in [0.1, 0.15) is 0 Å². The topological polar surface area (TPSA) is 17.8 Å². The molecule has 3 aromatic rings. The summed E-state index contributed by atoms with van der Waals surface area (Å²) in [6, 6.07) is 14.2. The van der Waals surface area contributed by atoms with Gasteiger partial charge < -0.3 is 4.57 Å². The molecule has 0 N–H and O–H groups in total. The lowest BCUT2D eigenvalue weighted by atomic mass is 10.2. The maximum atomic E-state index is 4.35. The van der Waals surface area contributed by atoms with E-state index in [0.717, 1.165) is 15.8 Å². The molecule has 0 fully saturated rings. The Kier molecular flexibility index (Phi) is 2.26. The molecule has 0 aliphatic heterocycles. The zero-order valence-electron chi connectivity index (χ0n) is 8.47. The Bertz CT molecular complexity index is 629. The number of hydrogen-bond donors (Lipinski definition) is 0. The highest BCUT2D eigenvalue weighted by Crippen LogP contribution is 2.26. The Hall–Kier alpha value is -1.61. The van der Waals surface area contributed by atoms with Crippen LogP contribution in [0.5, 0.6) is 0 Å². The van der Waals surface area contributed by atoms with Gasteiger partial charge in [0.2, 0.25) is 0 Å². The van der Waals surface area contributed by atoms with E-state index in [1.54, 1.807) is 6.20 Å². The molecule has 0 unspecified atom stereocenters. The van der Waals surface area contributed by atoms with Gasteiger partial charge in [-0.3, -0.25) is 0 Å². The SMILES string of the molecule is Brc1cccc2c1ccn2-c1ccccn1. The summed E-state index contributed by atoms with van der Waals surface area (Å²) in [5, 5.41) is 1.20. The largest absolute Gasteiger partial charge is 0.301 e. The van der Waals surface area contributed by atoms with Crippen LogP contribution < -0.4 is 0 Å². The first kappa shape index (κ1) is 9.60. The molecule has 0 radical (unpaired) electrons. The minimum absolute atomic E-state index is 0.940. The zero-order valence-corrected chi connectivity index (χ0v) is 10.1. The monoisotopic (exact) mass is 272 g/mol. The number of aromatic nitrogens is 2. The first-order chi connectivity index (χ1) is 7.86. The van der Waals surface area contributed by atoms with E-state index in [2.05, 4.69) is 37.6 Å². The first-order valence-corrected chi connectivity index (χ1v) is 5.82. The fourth-order valence-corrected chi connectivity index (χ4v) is 2.31. The Morgan fingerprint density at radius 1 is 1.00 bits per heavy atom. The molecule has 2 nitrogen and oxygen atoms in total. The van der Waals surface area contributed by atoms with Gasteiger partial charge in [-0.1, -0.05) is 28.1 Å². The lowest BCUT2D eigenvalue weighted by Crippen LogP contribution is -1.93. The van der Waals surface area contributed by atoms with E-state index in [1.165, 1.54) is 5.39 Å². The minimum Gasteiger partial charge on any atom is -0.301 e. The van der Waals surface area contributed by atoms with Crippen LogP contribution in [-0.4, -0.2) is 9.55 Å². The Morgan fingerprint density at radius 2 is 1.94 bits per heavy atom. The molecular weight excluding hydrogens is 264 g/mol. The third-order valence-electron chi connectivity index (χ3n) is 2.58. The van der Waals surface area contributed by atoms with Crippen LogP contribution in [0.3, 0.4) is 0 Å².